The van der Waals surface area contributed by atoms with E-state index < -0.39 is 11.9 Å². The molecule has 0 saturated carbocycles. The monoisotopic (exact) mass is 490 g/mol. The topological polar surface area (TPSA) is 99.4 Å². The van der Waals surface area contributed by atoms with Crippen molar-refractivity contribution < 1.29 is 19.4 Å². The molecule has 0 aliphatic rings. The van der Waals surface area contributed by atoms with Gasteiger partial charge in [0.1, 0.15) is 24.0 Å². The molecule has 0 radical (unpaired) electrons. The number of anilines is 1. The zero-order valence-corrected chi connectivity index (χ0v) is 18.7. The summed E-state index contributed by atoms with van der Waals surface area (Å²) in [5.41, 5.74) is 3.23. The van der Waals surface area contributed by atoms with Crippen molar-refractivity contribution in [3.63, 3.8) is 0 Å². The number of ether oxygens (including phenoxy) is 1. The molecule has 0 heterocycles. The van der Waals surface area contributed by atoms with Gasteiger partial charge in [0.05, 0.1) is 10.0 Å². The van der Waals surface area contributed by atoms with Crippen LogP contribution >= 0.6 is 15.9 Å². The third-order valence-corrected chi connectivity index (χ3v) is 5.24. The lowest BCUT2D eigenvalue weighted by molar-refractivity contribution is -0.112. The molecule has 0 atom stereocenters. The predicted octanol–water partition coefficient (Wildman–Crippen LogP) is 5.58. The molecule has 6 nitrogen and oxygen atoms in total. The second-order valence-corrected chi connectivity index (χ2v) is 7.77. The van der Waals surface area contributed by atoms with Gasteiger partial charge in [-0.05, 0) is 76.0 Å². The Balaban J connectivity index is 1.69. The first-order valence-electron chi connectivity index (χ1n) is 9.60. The van der Waals surface area contributed by atoms with Crippen molar-refractivity contribution >= 4 is 39.6 Å². The summed E-state index contributed by atoms with van der Waals surface area (Å²) < 4.78 is 6.45. The standard InChI is InChI=1S/C25H19BrN2O4/c1-16-4-2-3-5-22(16)28-24(29)20(14-27)12-18-8-11-23(21(26)13-18)32-15-17-6-9-19(10-7-17)25(30)31/h2-13H,15H2,1H3,(H,28,29)(H,30,31)/b20-12+. The van der Waals surface area contributed by atoms with Crippen LogP contribution in [0.2, 0.25) is 0 Å². The predicted molar refractivity (Wildman–Crippen MR) is 125 cm³/mol. The van der Waals surface area contributed by atoms with Gasteiger partial charge in [-0.3, -0.25) is 4.79 Å². The lowest BCUT2D eigenvalue weighted by Crippen LogP contribution is -2.14. The maximum absolute atomic E-state index is 12.5. The first kappa shape index (κ1) is 22.8. The molecule has 3 aromatic rings. The number of para-hydroxylation sites is 1. The van der Waals surface area contributed by atoms with Crippen LogP contribution in [0.1, 0.15) is 27.0 Å². The summed E-state index contributed by atoms with van der Waals surface area (Å²) in [7, 11) is 0. The summed E-state index contributed by atoms with van der Waals surface area (Å²) >= 11 is 3.45. The quantitative estimate of drug-likeness (QED) is 0.332. The van der Waals surface area contributed by atoms with Crippen molar-refractivity contribution in [1.82, 2.24) is 0 Å². The highest BCUT2D eigenvalue weighted by Crippen LogP contribution is 2.28. The average Bonchev–Trinajstić information content (AvgIpc) is 2.78. The molecule has 0 bridgehead atoms. The number of nitrogens with zero attached hydrogens (tertiary/aromatic N) is 1. The number of rotatable bonds is 7. The van der Waals surface area contributed by atoms with Gasteiger partial charge in [0.2, 0.25) is 0 Å². The second kappa shape index (κ2) is 10.4. The molecule has 3 aromatic carbocycles. The molecule has 0 aliphatic heterocycles. The molecule has 3 rings (SSSR count). The molecule has 0 aromatic heterocycles. The van der Waals surface area contributed by atoms with Crippen molar-refractivity contribution in [2.75, 3.05) is 5.32 Å². The van der Waals surface area contributed by atoms with Gasteiger partial charge in [-0.15, -0.1) is 0 Å². The molecule has 0 fully saturated rings. The summed E-state index contributed by atoms with van der Waals surface area (Å²) in [4.78, 5) is 23.4. The summed E-state index contributed by atoms with van der Waals surface area (Å²) in [6.07, 6.45) is 1.51. The molecule has 0 aliphatic carbocycles. The molecule has 0 saturated heterocycles. The molecule has 160 valence electrons. The Labute approximate surface area is 193 Å². The van der Waals surface area contributed by atoms with Gasteiger partial charge in [-0.2, -0.15) is 5.26 Å². The van der Waals surface area contributed by atoms with E-state index in [1.54, 1.807) is 36.4 Å². The minimum Gasteiger partial charge on any atom is -0.488 e. The van der Waals surface area contributed by atoms with Crippen LogP contribution in [0.5, 0.6) is 5.75 Å². The van der Waals surface area contributed by atoms with Crippen molar-refractivity contribution in [3.05, 3.63) is 99.0 Å². The molecule has 32 heavy (non-hydrogen) atoms. The van der Waals surface area contributed by atoms with Gasteiger partial charge in [0.15, 0.2) is 0 Å². The molecule has 0 spiro atoms. The lowest BCUT2D eigenvalue weighted by Gasteiger charge is -2.10. The van der Waals surface area contributed by atoms with Gasteiger partial charge in [0, 0.05) is 5.69 Å². The van der Waals surface area contributed by atoms with Gasteiger partial charge >= 0.3 is 5.97 Å². The average molecular weight is 491 g/mol. The zero-order valence-electron chi connectivity index (χ0n) is 17.1. The maximum atomic E-state index is 12.5. The first-order chi connectivity index (χ1) is 15.4. The van der Waals surface area contributed by atoms with E-state index in [0.717, 1.165) is 11.1 Å². The number of aryl methyl sites for hydroxylation is 1. The minimum absolute atomic E-state index is 0.0210. The number of amides is 1. The summed E-state index contributed by atoms with van der Waals surface area (Å²) in [5.74, 6) is -0.886. The van der Waals surface area contributed by atoms with E-state index in [1.165, 1.54) is 18.2 Å². The van der Waals surface area contributed by atoms with E-state index >= 15 is 0 Å². The number of hydrogen-bond donors (Lipinski definition) is 2. The molecular formula is C25H19BrN2O4. The fourth-order valence-corrected chi connectivity index (χ4v) is 3.36. The summed E-state index contributed by atoms with van der Waals surface area (Å²) in [6, 6.07) is 20.9. The van der Waals surface area contributed by atoms with E-state index in [4.69, 9.17) is 9.84 Å². The highest BCUT2D eigenvalue weighted by molar-refractivity contribution is 9.10. The molecule has 1 amide bonds. The largest absolute Gasteiger partial charge is 0.488 e. The number of nitriles is 1. The minimum atomic E-state index is -0.979. The Morgan fingerprint density at radius 1 is 1.12 bits per heavy atom. The van der Waals surface area contributed by atoms with Crippen LogP contribution in [0.25, 0.3) is 6.08 Å². The van der Waals surface area contributed by atoms with Crippen LogP contribution in [-0.4, -0.2) is 17.0 Å². The number of carboxylic acids is 1. The van der Waals surface area contributed by atoms with Gasteiger partial charge in [-0.25, -0.2) is 4.79 Å². The van der Waals surface area contributed by atoms with Crippen LogP contribution in [0.3, 0.4) is 0 Å². The zero-order chi connectivity index (χ0) is 23.1. The Kier molecular flexibility index (Phi) is 7.42. The van der Waals surface area contributed by atoms with E-state index in [9.17, 15) is 14.9 Å². The molecule has 2 N–H and O–H groups in total. The summed E-state index contributed by atoms with van der Waals surface area (Å²) in [6.45, 7) is 2.14. The van der Waals surface area contributed by atoms with Gasteiger partial charge in [0.25, 0.3) is 5.91 Å². The number of benzene rings is 3. The van der Waals surface area contributed by atoms with E-state index in [1.807, 2.05) is 31.2 Å². The van der Waals surface area contributed by atoms with Crippen LogP contribution in [0.4, 0.5) is 5.69 Å². The Morgan fingerprint density at radius 2 is 1.84 bits per heavy atom. The van der Waals surface area contributed by atoms with Gasteiger partial charge in [-0.1, -0.05) is 36.4 Å². The highest BCUT2D eigenvalue weighted by atomic mass is 79.9. The van der Waals surface area contributed by atoms with Gasteiger partial charge < -0.3 is 15.2 Å². The fraction of sp³-hybridized carbons (Fsp3) is 0.0800. The van der Waals surface area contributed by atoms with Crippen LogP contribution in [-0.2, 0) is 11.4 Å². The third kappa shape index (κ3) is 5.84. The van der Waals surface area contributed by atoms with Crippen LogP contribution < -0.4 is 10.1 Å². The van der Waals surface area contributed by atoms with Crippen molar-refractivity contribution in [3.8, 4) is 11.8 Å². The van der Waals surface area contributed by atoms with E-state index in [-0.39, 0.29) is 17.7 Å². The van der Waals surface area contributed by atoms with Crippen molar-refractivity contribution in [2.45, 2.75) is 13.5 Å². The van der Waals surface area contributed by atoms with Crippen molar-refractivity contribution in [1.29, 1.82) is 5.26 Å². The maximum Gasteiger partial charge on any atom is 0.335 e. The third-order valence-electron chi connectivity index (χ3n) is 4.62. The second-order valence-electron chi connectivity index (χ2n) is 6.92. The summed E-state index contributed by atoms with van der Waals surface area (Å²) in [5, 5.41) is 21.2. The SMILES string of the molecule is Cc1ccccc1NC(=O)/C(C#N)=C/c1ccc(OCc2ccc(C(=O)O)cc2)c(Br)c1. The number of carbonyl (C=O) groups is 2. The number of halogens is 1. The normalized spacial score (nSPS) is 10.8. The number of nitrogens with one attached hydrogen (secondary N) is 1. The Morgan fingerprint density at radius 3 is 2.47 bits per heavy atom. The van der Waals surface area contributed by atoms with E-state index in [0.29, 0.717) is 21.5 Å². The highest BCUT2D eigenvalue weighted by Gasteiger charge is 2.11. The number of carbonyl (C=O) groups excluding carboxylic acids is 1. The van der Waals surface area contributed by atoms with E-state index in [2.05, 4.69) is 21.2 Å². The number of hydrogen-bond acceptors (Lipinski definition) is 4. The first-order valence-corrected chi connectivity index (χ1v) is 10.4. The fourth-order valence-electron chi connectivity index (χ4n) is 2.85. The Bertz CT molecular complexity index is 1230. The lowest BCUT2D eigenvalue weighted by atomic mass is 10.1. The molecule has 0 unspecified atom stereocenters. The van der Waals surface area contributed by atoms with Crippen LogP contribution in [0.15, 0.2) is 76.8 Å². The van der Waals surface area contributed by atoms with Crippen LogP contribution in [0, 0.1) is 18.3 Å². The van der Waals surface area contributed by atoms with Crippen molar-refractivity contribution in [2.24, 2.45) is 0 Å². The Hall–Kier alpha value is -3.89. The number of carboxylic acid groups (broad SMARTS) is 1. The molecular weight excluding hydrogens is 472 g/mol. The number of aromatic carboxylic acids is 1. The molecule has 7 heteroatoms. The smallest absolute Gasteiger partial charge is 0.335 e.